The van der Waals surface area contributed by atoms with E-state index in [1.165, 1.54) is 6.33 Å². The van der Waals surface area contributed by atoms with Gasteiger partial charge in [-0.1, -0.05) is 0 Å². The number of nitrogens with zero attached hydrogens (tertiary/aromatic N) is 3. The molecule has 1 heterocycles. The zero-order chi connectivity index (χ0) is 11.7. The third-order valence-electron chi connectivity index (χ3n) is 2.04. The number of nitrogens with one attached hydrogen (secondary N) is 1. The number of rotatable bonds is 2. The van der Waals surface area contributed by atoms with Crippen LogP contribution >= 0.6 is 0 Å². The van der Waals surface area contributed by atoms with E-state index in [1.807, 2.05) is 0 Å². The second-order valence-electron chi connectivity index (χ2n) is 2.94. The summed E-state index contributed by atoms with van der Waals surface area (Å²) >= 11 is 2.21. The first-order chi connectivity index (χ1) is 7.63. The van der Waals surface area contributed by atoms with Crippen LogP contribution in [0.2, 0.25) is 0 Å². The summed E-state index contributed by atoms with van der Waals surface area (Å²) in [5, 5.41) is 11.0. The van der Waals surface area contributed by atoms with Gasteiger partial charge in [-0.05, 0) is 0 Å². The number of anilines is 1. The van der Waals surface area contributed by atoms with Crippen molar-refractivity contribution in [1.82, 2.24) is 9.97 Å². The number of nitro groups is 1. The fourth-order valence-electron chi connectivity index (χ4n) is 1.32. The van der Waals surface area contributed by atoms with Gasteiger partial charge in [0.05, 0.1) is 0 Å². The molecule has 0 bridgehead atoms. The van der Waals surface area contributed by atoms with Crippen molar-refractivity contribution in [3.05, 3.63) is 34.4 Å². The molecular formula is C8H4AlFN4O2+. The maximum atomic E-state index is 13.3. The van der Waals surface area contributed by atoms with Gasteiger partial charge in [-0.2, -0.15) is 0 Å². The third-order valence-corrected chi connectivity index (χ3v) is 2.31. The molecule has 8 heteroatoms. The SMILES string of the molecule is O=[N+]([O-])c1cc2c([NH][Al+])ncnc2cc1F. The fraction of sp³-hybridized carbons (Fsp3) is 0. The van der Waals surface area contributed by atoms with E-state index in [1.54, 1.807) is 0 Å². The summed E-state index contributed by atoms with van der Waals surface area (Å²) in [4.78, 5) is 17.5. The summed E-state index contributed by atoms with van der Waals surface area (Å²) in [7, 11) is 0. The van der Waals surface area contributed by atoms with Crippen molar-refractivity contribution in [1.29, 1.82) is 0 Å². The summed E-state index contributed by atoms with van der Waals surface area (Å²) in [5.41, 5.74) is -0.285. The monoisotopic (exact) mass is 234 g/mol. The van der Waals surface area contributed by atoms with Gasteiger partial charge in [-0.15, -0.1) is 0 Å². The average molecular weight is 234 g/mol. The Kier molecular flexibility index (Phi) is 2.68. The minimum atomic E-state index is -0.911. The van der Waals surface area contributed by atoms with Crippen LogP contribution in [0.5, 0.6) is 0 Å². The predicted octanol–water partition coefficient (Wildman–Crippen LogP) is 1.17. The molecule has 0 unspecified atom stereocenters. The van der Waals surface area contributed by atoms with Gasteiger partial charge in [0, 0.05) is 0 Å². The fourth-order valence-corrected chi connectivity index (χ4v) is 1.55. The molecule has 1 N–H and O–H groups in total. The summed E-state index contributed by atoms with van der Waals surface area (Å²) in [5.74, 6) is -0.524. The van der Waals surface area contributed by atoms with Gasteiger partial charge in [0.1, 0.15) is 0 Å². The Morgan fingerprint density at radius 3 is 2.81 bits per heavy atom. The van der Waals surface area contributed by atoms with Crippen molar-refractivity contribution in [2.45, 2.75) is 0 Å². The van der Waals surface area contributed by atoms with Gasteiger partial charge >= 0.3 is 96.9 Å². The standard InChI is InChI=1S/C8H4FN4O2.Al/c9-5-2-6-4(1-7(5)13(14)15)8(10)12-3-11-6;/h1-3H,(H-,10,11,12);/q-1;+2. The molecule has 2 rings (SSSR count). The zero-order valence-corrected chi connectivity index (χ0v) is 9.00. The van der Waals surface area contributed by atoms with Gasteiger partial charge in [-0.3, -0.25) is 0 Å². The normalized spacial score (nSPS) is 10.2. The summed E-state index contributed by atoms with van der Waals surface area (Å²) < 4.78 is 16.0. The molecule has 1 aromatic carbocycles. The Hall–Kier alpha value is -1.78. The molecule has 0 amide bonds. The number of hydrogen-bond acceptors (Lipinski definition) is 5. The first kappa shape index (κ1) is 10.7. The predicted molar refractivity (Wildman–Crippen MR) is 55.5 cm³/mol. The number of aromatic nitrogens is 2. The first-order valence-electron chi connectivity index (χ1n) is 4.18. The van der Waals surface area contributed by atoms with E-state index in [0.29, 0.717) is 16.7 Å². The van der Waals surface area contributed by atoms with Gasteiger partial charge in [0.25, 0.3) is 0 Å². The van der Waals surface area contributed by atoms with Crippen LogP contribution in [-0.2, 0) is 0 Å². The third kappa shape index (κ3) is 1.69. The van der Waals surface area contributed by atoms with Gasteiger partial charge in [-0.25, -0.2) is 0 Å². The molecule has 0 fully saturated rings. The zero-order valence-electron chi connectivity index (χ0n) is 7.85. The van der Waals surface area contributed by atoms with Gasteiger partial charge in [0.15, 0.2) is 0 Å². The second kappa shape index (κ2) is 4.00. The average Bonchev–Trinajstić information content (AvgIpc) is 2.26. The number of hydrogen-bond donors (Lipinski definition) is 1. The molecule has 0 aliphatic heterocycles. The van der Waals surface area contributed by atoms with Crippen LogP contribution in [0.1, 0.15) is 0 Å². The minimum absolute atomic E-state index is 0.308. The van der Waals surface area contributed by atoms with Crippen LogP contribution in [0.25, 0.3) is 10.9 Å². The molecule has 6 nitrogen and oxygen atoms in total. The number of nitro benzene ring substituents is 1. The molecule has 0 aliphatic rings. The molecule has 0 spiro atoms. The molecule has 16 heavy (non-hydrogen) atoms. The number of halogens is 1. The van der Waals surface area contributed by atoms with Crippen LogP contribution < -0.4 is 4.30 Å². The molecule has 1 radical (unpaired) electrons. The van der Waals surface area contributed by atoms with Crippen molar-refractivity contribution in [2.24, 2.45) is 0 Å². The molecule has 0 aliphatic carbocycles. The number of fused-ring (bicyclic) bond motifs is 1. The van der Waals surface area contributed by atoms with E-state index >= 15 is 0 Å². The van der Waals surface area contributed by atoms with Crippen molar-refractivity contribution >= 4 is 38.9 Å². The van der Waals surface area contributed by atoms with Crippen LogP contribution in [-0.4, -0.2) is 31.4 Å². The van der Waals surface area contributed by atoms with Crippen LogP contribution in [0.4, 0.5) is 15.9 Å². The maximum absolute atomic E-state index is 13.3. The van der Waals surface area contributed by atoms with Gasteiger partial charge < -0.3 is 0 Å². The van der Waals surface area contributed by atoms with E-state index in [4.69, 9.17) is 0 Å². The van der Waals surface area contributed by atoms with Crippen molar-refractivity contribution < 1.29 is 9.31 Å². The molecule has 0 atom stereocenters. The molecule has 0 saturated carbocycles. The molecule has 0 saturated heterocycles. The quantitative estimate of drug-likeness (QED) is 0.479. The Bertz CT molecular complexity index is 577. The van der Waals surface area contributed by atoms with E-state index in [-0.39, 0.29) is 0 Å². The summed E-state index contributed by atoms with van der Waals surface area (Å²) in [6.45, 7) is 0. The number of benzene rings is 1. The van der Waals surface area contributed by atoms with Crippen molar-refractivity contribution in [3.63, 3.8) is 0 Å². The second-order valence-corrected chi connectivity index (χ2v) is 3.23. The van der Waals surface area contributed by atoms with Crippen LogP contribution in [0, 0.1) is 15.9 Å². The molecule has 77 valence electrons. The van der Waals surface area contributed by atoms with Crippen LogP contribution in [0.3, 0.4) is 0 Å². The summed E-state index contributed by atoms with van der Waals surface area (Å²) in [6, 6.07) is 2.12. The van der Waals surface area contributed by atoms with E-state index in [0.717, 1.165) is 12.1 Å². The van der Waals surface area contributed by atoms with Gasteiger partial charge in [0.2, 0.25) is 0 Å². The first-order valence-corrected chi connectivity index (χ1v) is 4.76. The Labute approximate surface area is 97.3 Å². The van der Waals surface area contributed by atoms with E-state index in [9.17, 15) is 14.5 Å². The Morgan fingerprint density at radius 1 is 1.44 bits per heavy atom. The van der Waals surface area contributed by atoms with E-state index in [2.05, 4.69) is 30.8 Å². The molecule has 2 aromatic rings. The Balaban J connectivity index is 2.80. The van der Waals surface area contributed by atoms with Crippen LogP contribution in [0.15, 0.2) is 18.5 Å². The summed E-state index contributed by atoms with van der Waals surface area (Å²) in [6.07, 6.45) is 1.25. The molecule has 1 aromatic heterocycles. The molecular weight excluding hydrogens is 230 g/mol. The Morgan fingerprint density at radius 2 is 2.19 bits per heavy atom. The van der Waals surface area contributed by atoms with E-state index < -0.39 is 16.4 Å². The topological polar surface area (TPSA) is 81.0 Å². The van der Waals surface area contributed by atoms with Crippen molar-refractivity contribution in [2.75, 3.05) is 4.30 Å². The van der Waals surface area contributed by atoms with Crippen molar-refractivity contribution in [3.8, 4) is 0 Å².